The predicted octanol–water partition coefficient (Wildman–Crippen LogP) is 5.79. The molecular formula is C38H62BN3O7. The van der Waals surface area contributed by atoms with E-state index in [2.05, 4.69) is 57.5 Å². The summed E-state index contributed by atoms with van der Waals surface area (Å²) in [5, 5.41) is 8.99. The number of rotatable bonds is 20. The van der Waals surface area contributed by atoms with E-state index in [-0.39, 0.29) is 48.1 Å². The van der Waals surface area contributed by atoms with Crippen LogP contribution in [0.25, 0.3) is 0 Å². The highest BCUT2D eigenvalue weighted by Gasteiger charge is 2.68. The van der Waals surface area contributed by atoms with Gasteiger partial charge in [-0.25, -0.2) is 0 Å². The van der Waals surface area contributed by atoms with E-state index in [9.17, 15) is 14.4 Å². The Morgan fingerprint density at radius 3 is 2.29 bits per heavy atom. The third-order valence-corrected chi connectivity index (χ3v) is 11.3. The van der Waals surface area contributed by atoms with E-state index in [0.717, 1.165) is 37.7 Å². The quantitative estimate of drug-likeness (QED) is 0.118. The molecule has 1 aliphatic heterocycles. The molecule has 49 heavy (non-hydrogen) atoms. The molecule has 10 nitrogen and oxygen atoms in total. The fourth-order valence-electron chi connectivity index (χ4n) is 8.27. The largest absolute Gasteiger partial charge is 0.493 e. The minimum absolute atomic E-state index is 0.00539. The van der Waals surface area contributed by atoms with Crippen molar-refractivity contribution in [3.63, 3.8) is 0 Å². The van der Waals surface area contributed by atoms with Crippen molar-refractivity contribution >= 4 is 24.8 Å². The van der Waals surface area contributed by atoms with E-state index >= 15 is 0 Å². The third-order valence-electron chi connectivity index (χ3n) is 11.3. The molecule has 5 rings (SSSR count). The molecule has 3 amide bonds. The summed E-state index contributed by atoms with van der Waals surface area (Å²) in [5.74, 6) is 1.17. The van der Waals surface area contributed by atoms with Crippen molar-refractivity contribution in [2.75, 3.05) is 20.8 Å². The molecule has 1 aromatic rings. The van der Waals surface area contributed by atoms with Crippen LogP contribution in [-0.4, -0.2) is 69.3 Å². The van der Waals surface area contributed by atoms with E-state index in [1.54, 1.807) is 32.4 Å². The Hall–Kier alpha value is -2.79. The third kappa shape index (κ3) is 9.72. The van der Waals surface area contributed by atoms with E-state index in [1.807, 2.05) is 0 Å². The zero-order valence-electron chi connectivity index (χ0n) is 31.3. The maximum Gasteiger partial charge on any atom is 0.481 e. The topological polar surface area (TPSA) is 124 Å². The van der Waals surface area contributed by atoms with Gasteiger partial charge in [-0.2, -0.15) is 0 Å². The number of hydrogen-bond donors (Lipinski definition) is 3. The molecule has 0 radical (unpaired) electrons. The van der Waals surface area contributed by atoms with Gasteiger partial charge in [0.15, 0.2) is 11.5 Å². The number of amides is 3. The summed E-state index contributed by atoms with van der Waals surface area (Å²) >= 11 is 0. The maximum atomic E-state index is 14.0. The summed E-state index contributed by atoms with van der Waals surface area (Å²) < 4.78 is 24.0. The fraction of sp³-hybridized carbons (Fsp3) is 0.763. The smallest absolute Gasteiger partial charge is 0.481 e. The molecule has 1 heterocycles. The number of unbranched alkanes of at least 4 members (excludes halogenated alkanes) is 6. The molecule has 11 heteroatoms. The van der Waals surface area contributed by atoms with Crippen molar-refractivity contribution < 1.29 is 33.2 Å². The van der Waals surface area contributed by atoms with Gasteiger partial charge in [-0.15, -0.1) is 0 Å². The molecule has 3 aliphatic carbocycles. The minimum Gasteiger partial charge on any atom is -0.493 e. The Balaban J connectivity index is 1.41. The van der Waals surface area contributed by atoms with Crippen molar-refractivity contribution in [3.8, 4) is 11.5 Å². The lowest BCUT2D eigenvalue weighted by Crippen LogP contribution is -2.65. The van der Waals surface area contributed by atoms with Crippen molar-refractivity contribution in [1.82, 2.24) is 16.0 Å². The Labute approximate surface area is 295 Å². The van der Waals surface area contributed by atoms with Gasteiger partial charge in [0.1, 0.15) is 6.04 Å². The first-order valence-corrected chi connectivity index (χ1v) is 18.7. The summed E-state index contributed by atoms with van der Waals surface area (Å²) in [6.45, 7) is 13.2. The molecule has 1 aromatic carbocycles. The van der Waals surface area contributed by atoms with Gasteiger partial charge in [-0.3, -0.25) is 14.4 Å². The number of benzene rings is 1. The Kier molecular flexibility index (Phi) is 13.9. The lowest BCUT2D eigenvalue weighted by molar-refractivity contribution is -0.199. The van der Waals surface area contributed by atoms with Gasteiger partial charge in [0.2, 0.25) is 17.7 Å². The van der Waals surface area contributed by atoms with Crippen LogP contribution in [0.5, 0.6) is 11.5 Å². The lowest BCUT2D eigenvalue weighted by atomic mass is 9.43. The zero-order chi connectivity index (χ0) is 35.8. The van der Waals surface area contributed by atoms with Crippen molar-refractivity contribution in [2.45, 2.75) is 142 Å². The summed E-state index contributed by atoms with van der Waals surface area (Å²) in [7, 11) is 2.52. The monoisotopic (exact) mass is 683 g/mol. The van der Waals surface area contributed by atoms with Crippen LogP contribution in [0.2, 0.25) is 0 Å². The van der Waals surface area contributed by atoms with Crippen LogP contribution in [0.1, 0.15) is 118 Å². The minimum atomic E-state index is -0.952. The van der Waals surface area contributed by atoms with Gasteiger partial charge in [-0.1, -0.05) is 79.2 Å². The second-order valence-corrected chi connectivity index (χ2v) is 15.7. The van der Waals surface area contributed by atoms with Crippen LogP contribution in [-0.2, 0) is 30.1 Å². The highest BCUT2D eigenvalue weighted by molar-refractivity contribution is 6.48. The Morgan fingerprint density at radius 2 is 1.63 bits per heavy atom. The summed E-state index contributed by atoms with van der Waals surface area (Å²) in [6, 6.07) is 4.36. The summed E-state index contributed by atoms with van der Waals surface area (Å²) in [6.07, 6.45) is 10.8. The van der Waals surface area contributed by atoms with Crippen molar-refractivity contribution in [3.05, 3.63) is 23.8 Å². The molecule has 1 unspecified atom stereocenters. The van der Waals surface area contributed by atoms with Gasteiger partial charge in [-0.05, 0) is 73.5 Å². The molecule has 2 bridgehead atoms. The van der Waals surface area contributed by atoms with Gasteiger partial charge < -0.3 is 34.7 Å². The molecule has 1 saturated heterocycles. The Bertz CT molecular complexity index is 1280. The average Bonchev–Trinajstić information content (AvgIpc) is 3.42. The van der Waals surface area contributed by atoms with E-state index in [0.29, 0.717) is 36.2 Å². The summed E-state index contributed by atoms with van der Waals surface area (Å²) in [5.41, 5.74) is 0.550. The standard InChI is InChI=1S/C38H62BN3O7/c1-9-10-11-12-13-14-15-16-34(43)41-28(24-40-35(44)21-26-17-18-29(46-7)30(20-26)47-8)36(45)42-33(19-25(2)3)39-48-32-23-27-22-31(37(27,4)5)38(32,6)49-39/h17-18,20,25,27-28,31-33H,9-16,19,21-24H2,1-8H3,(H,40,44)(H,41,43)(H,42,45)/t27-,28-,31-,32?,33-,38-/m0/s1. The van der Waals surface area contributed by atoms with Crippen molar-refractivity contribution in [2.24, 2.45) is 23.2 Å². The second-order valence-electron chi connectivity index (χ2n) is 15.7. The first kappa shape index (κ1) is 39.0. The normalized spacial score (nSPS) is 24.8. The number of carbonyl (C=O) groups is 3. The average molecular weight is 684 g/mol. The van der Waals surface area contributed by atoms with Crippen molar-refractivity contribution in [1.29, 1.82) is 0 Å². The molecule has 4 fully saturated rings. The van der Waals surface area contributed by atoms with Gasteiger partial charge in [0, 0.05) is 13.0 Å². The van der Waals surface area contributed by atoms with E-state index < -0.39 is 24.7 Å². The van der Waals surface area contributed by atoms with Gasteiger partial charge in [0.05, 0.1) is 38.3 Å². The van der Waals surface area contributed by atoms with Gasteiger partial charge >= 0.3 is 7.12 Å². The fourth-order valence-corrected chi connectivity index (χ4v) is 8.27. The zero-order valence-corrected chi connectivity index (χ0v) is 31.3. The van der Waals surface area contributed by atoms with Crippen LogP contribution in [0, 0.1) is 23.2 Å². The molecule has 3 saturated carbocycles. The summed E-state index contributed by atoms with van der Waals surface area (Å²) in [4.78, 5) is 40.2. The SMILES string of the molecule is CCCCCCCCCC(=O)N[C@@H](CNC(=O)Cc1ccc(OC)c(OC)c1)C(=O)N[C@@H](CC(C)C)B1OC2C[C@@H]3C[C@@H](C3(C)C)[C@]2(C)O1. The predicted molar refractivity (Wildman–Crippen MR) is 192 cm³/mol. The molecule has 274 valence electrons. The van der Waals surface area contributed by atoms with E-state index in [4.69, 9.17) is 18.8 Å². The van der Waals surface area contributed by atoms with Crippen LogP contribution in [0.15, 0.2) is 18.2 Å². The highest BCUT2D eigenvalue weighted by atomic mass is 16.7. The molecule has 3 N–H and O–H groups in total. The van der Waals surface area contributed by atoms with E-state index in [1.165, 1.54) is 25.7 Å². The number of nitrogens with one attached hydrogen (secondary N) is 3. The first-order valence-electron chi connectivity index (χ1n) is 18.7. The molecule has 0 spiro atoms. The molecule has 6 atom stereocenters. The van der Waals surface area contributed by atoms with Crippen LogP contribution in [0.4, 0.5) is 0 Å². The van der Waals surface area contributed by atoms with Crippen LogP contribution in [0.3, 0.4) is 0 Å². The van der Waals surface area contributed by atoms with Gasteiger partial charge in [0.25, 0.3) is 0 Å². The Morgan fingerprint density at radius 1 is 0.939 bits per heavy atom. The van der Waals surface area contributed by atoms with Crippen LogP contribution < -0.4 is 25.4 Å². The number of hydrogen-bond acceptors (Lipinski definition) is 7. The molecule has 0 aromatic heterocycles. The molecule has 4 aliphatic rings. The van der Waals surface area contributed by atoms with Crippen LogP contribution >= 0.6 is 0 Å². The number of methoxy groups -OCH3 is 2. The lowest BCUT2D eigenvalue weighted by Gasteiger charge is -2.64. The first-order chi connectivity index (χ1) is 23.3. The number of ether oxygens (including phenoxy) is 2. The number of carbonyl (C=O) groups excluding carboxylic acids is 3. The maximum absolute atomic E-state index is 14.0. The molecular weight excluding hydrogens is 621 g/mol. The second kappa shape index (κ2) is 17.4. The highest BCUT2D eigenvalue weighted by Crippen LogP contribution is 2.65.